The molecule has 0 aliphatic carbocycles. The van der Waals surface area contributed by atoms with Gasteiger partial charge in [0, 0.05) is 11.8 Å². The first-order valence-corrected chi connectivity index (χ1v) is 11.5. The second-order valence-electron chi connectivity index (χ2n) is 7.36. The highest BCUT2D eigenvalue weighted by Crippen LogP contribution is 2.41. The Morgan fingerprint density at radius 2 is 1.94 bits per heavy atom. The molecule has 1 aliphatic heterocycles. The summed E-state index contributed by atoms with van der Waals surface area (Å²) in [5.41, 5.74) is 1.63. The van der Waals surface area contributed by atoms with E-state index in [0.717, 1.165) is 17.3 Å². The monoisotopic (exact) mass is 490 g/mol. The van der Waals surface area contributed by atoms with Crippen molar-refractivity contribution in [3.05, 3.63) is 105 Å². The Morgan fingerprint density at radius 1 is 1.26 bits per heavy atom. The molecular weight excluding hydrogens is 468 g/mol. The minimum absolute atomic E-state index is 0.0239. The van der Waals surface area contributed by atoms with Gasteiger partial charge in [-0.2, -0.15) is 5.26 Å². The van der Waals surface area contributed by atoms with Crippen LogP contribution in [0, 0.1) is 21.4 Å². The summed E-state index contributed by atoms with van der Waals surface area (Å²) in [6.45, 7) is 5.27. The molecular formula is C25H22N4O5S. The number of amides is 1. The second-order valence-corrected chi connectivity index (χ2v) is 8.35. The van der Waals surface area contributed by atoms with E-state index in [1.54, 1.807) is 25.1 Å². The molecule has 1 aliphatic rings. The fourth-order valence-corrected chi connectivity index (χ4v) is 4.44. The number of para-hydroxylation sites is 2. The Labute approximate surface area is 206 Å². The van der Waals surface area contributed by atoms with Gasteiger partial charge >= 0.3 is 5.97 Å². The van der Waals surface area contributed by atoms with Crippen molar-refractivity contribution >= 4 is 35.0 Å². The molecule has 178 valence electrons. The minimum atomic E-state index is -0.694. The highest BCUT2D eigenvalue weighted by Gasteiger charge is 2.35. The van der Waals surface area contributed by atoms with Gasteiger partial charge in [-0.15, -0.1) is 0 Å². The number of nitro benzene ring substituents is 1. The standard InChI is InChI=1S/C25H22N4O5S/c1-3-13-34-25(31)22-16(2)27-24(18(14-26)23(22)17-9-5-4-6-10-17)35-15-21(30)28-19-11-7-8-12-20(19)29(32)33/h3-12,23,27H,1,13,15H2,2H3,(H,28,30)/t23-/m1/s1. The van der Waals surface area contributed by atoms with E-state index in [2.05, 4.69) is 23.3 Å². The number of ether oxygens (including phenoxy) is 1. The number of allylic oxidation sites excluding steroid dienone is 2. The maximum atomic E-state index is 12.8. The van der Waals surface area contributed by atoms with Crippen molar-refractivity contribution in [1.29, 1.82) is 5.26 Å². The number of nitriles is 1. The molecule has 0 radical (unpaired) electrons. The van der Waals surface area contributed by atoms with Gasteiger partial charge in [0.05, 0.1) is 38.8 Å². The normalized spacial score (nSPS) is 15.0. The van der Waals surface area contributed by atoms with Crippen LogP contribution in [0.4, 0.5) is 11.4 Å². The van der Waals surface area contributed by atoms with Crippen molar-refractivity contribution in [3.63, 3.8) is 0 Å². The third-order valence-corrected chi connectivity index (χ3v) is 6.07. The summed E-state index contributed by atoms with van der Waals surface area (Å²) in [6.07, 6.45) is 1.46. The van der Waals surface area contributed by atoms with Crippen LogP contribution >= 0.6 is 11.8 Å². The predicted molar refractivity (Wildman–Crippen MR) is 133 cm³/mol. The largest absolute Gasteiger partial charge is 0.458 e. The van der Waals surface area contributed by atoms with Crippen LogP contribution in [-0.2, 0) is 14.3 Å². The second kappa shape index (κ2) is 11.7. The molecule has 3 rings (SSSR count). The first kappa shape index (κ1) is 25.3. The highest BCUT2D eigenvalue weighted by atomic mass is 32.2. The smallest absolute Gasteiger partial charge is 0.337 e. The van der Waals surface area contributed by atoms with Gasteiger partial charge in [-0.1, -0.05) is 66.9 Å². The Balaban J connectivity index is 1.88. The average molecular weight is 491 g/mol. The third kappa shape index (κ3) is 5.96. The van der Waals surface area contributed by atoms with Crippen molar-refractivity contribution in [3.8, 4) is 6.07 Å². The number of thioether (sulfide) groups is 1. The summed E-state index contributed by atoms with van der Waals surface area (Å²) < 4.78 is 5.26. The number of nitro groups is 1. The van der Waals surface area contributed by atoms with Gasteiger partial charge in [-0.3, -0.25) is 14.9 Å². The summed E-state index contributed by atoms with van der Waals surface area (Å²) in [6, 6.07) is 17.1. The van der Waals surface area contributed by atoms with Gasteiger partial charge in [0.2, 0.25) is 5.91 Å². The minimum Gasteiger partial charge on any atom is -0.458 e. The molecule has 35 heavy (non-hydrogen) atoms. The van der Waals surface area contributed by atoms with Gasteiger partial charge in [0.25, 0.3) is 5.69 Å². The van der Waals surface area contributed by atoms with Crippen LogP contribution < -0.4 is 10.6 Å². The number of hydrogen-bond acceptors (Lipinski definition) is 8. The van der Waals surface area contributed by atoms with Crippen molar-refractivity contribution in [2.24, 2.45) is 0 Å². The quantitative estimate of drug-likeness (QED) is 0.229. The maximum absolute atomic E-state index is 12.8. The van der Waals surface area contributed by atoms with Gasteiger partial charge in [0.15, 0.2) is 0 Å². The highest BCUT2D eigenvalue weighted by molar-refractivity contribution is 8.03. The fraction of sp³-hybridized carbons (Fsp3) is 0.160. The van der Waals surface area contributed by atoms with Gasteiger partial charge < -0.3 is 15.4 Å². The van der Waals surface area contributed by atoms with Crippen LogP contribution in [0.3, 0.4) is 0 Å². The zero-order chi connectivity index (χ0) is 25.4. The topological polar surface area (TPSA) is 134 Å². The van der Waals surface area contributed by atoms with Crippen LogP contribution in [0.1, 0.15) is 18.4 Å². The van der Waals surface area contributed by atoms with Crippen LogP contribution in [0.15, 0.2) is 89.1 Å². The lowest BCUT2D eigenvalue weighted by molar-refractivity contribution is -0.383. The molecule has 0 spiro atoms. The van der Waals surface area contributed by atoms with Crippen LogP contribution in [0.25, 0.3) is 0 Å². The number of hydrogen-bond donors (Lipinski definition) is 2. The molecule has 2 N–H and O–H groups in total. The Kier molecular flexibility index (Phi) is 8.43. The lowest BCUT2D eigenvalue weighted by Crippen LogP contribution is -2.29. The average Bonchev–Trinajstić information content (AvgIpc) is 2.86. The number of rotatable bonds is 9. The van der Waals surface area contributed by atoms with E-state index in [1.807, 2.05) is 18.2 Å². The molecule has 0 fully saturated rings. The maximum Gasteiger partial charge on any atom is 0.337 e. The molecule has 1 atom stereocenters. The molecule has 0 unspecified atom stereocenters. The van der Waals surface area contributed by atoms with Crippen molar-refractivity contribution in [1.82, 2.24) is 5.32 Å². The van der Waals surface area contributed by atoms with Crippen molar-refractivity contribution in [2.45, 2.75) is 12.8 Å². The number of dihydropyridines is 1. The number of nitrogens with one attached hydrogen (secondary N) is 2. The van der Waals surface area contributed by atoms with Crippen molar-refractivity contribution < 1.29 is 19.2 Å². The molecule has 10 heteroatoms. The zero-order valence-electron chi connectivity index (χ0n) is 18.8. The number of anilines is 1. The van der Waals surface area contributed by atoms with E-state index in [9.17, 15) is 25.0 Å². The Morgan fingerprint density at radius 3 is 2.60 bits per heavy atom. The van der Waals surface area contributed by atoms with E-state index in [-0.39, 0.29) is 29.3 Å². The van der Waals surface area contributed by atoms with Crippen LogP contribution in [-0.4, -0.2) is 29.2 Å². The molecule has 0 aromatic heterocycles. The lowest BCUT2D eigenvalue weighted by atomic mass is 9.82. The summed E-state index contributed by atoms with van der Waals surface area (Å²) in [5.74, 6) is -1.87. The van der Waals surface area contributed by atoms with E-state index in [0.29, 0.717) is 16.3 Å². The molecule has 1 amide bonds. The van der Waals surface area contributed by atoms with Crippen LogP contribution in [0.5, 0.6) is 0 Å². The molecule has 9 nitrogen and oxygen atoms in total. The first-order chi connectivity index (χ1) is 16.9. The molecule has 0 saturated carbocycles. The number of benzene rings is 2. The molecule has 2 aromatic carbocycles. The number of nitrogens with zero attached hydrogens (tertiary/aromatic N) is 2. The SMILES string of the molecule is C=CCOC(=O)C1=C(C)NC(SCC(=O)Nc2ccccc2[N+](=O)[O-])=C(C#N)[C@H]1c1ccccc1. The summed E-state index contributed by atoms with van der Waals surface area (Å²) in [5, 5.41) is 27.2. The van der Waals surface area contributed by atoms with Gasteiger partial charge in [-0.25, -0.2) is 4.79 Å². The molecule has 2 aromatic rings. The van der Waals surface area contributed by atoms with E-state index >= 15 is 0 Å². The lowest BCUT2D eigenvalue weighted by Gasteiger charge is -2.29. The van der Waals surface area contributed by atoms with E-state index < -0.39 is 22.7 Å². The molecule has 0 bridgehead atoms. The summed E-state index contributed by atoms with van der Waals surface area (Å²) in [4.78, 5) is 36.0. The fourth-order valence-electron chi connectivity index (χ4n) is 3.55. The molecule has 0 saturated heterocycles. The van der Waals surface area contributed by atoms with Crippen molar-refractivity contribution in [2.75, 3.05) is 17.7 Å². The zero-order valence-corrected chi connectivity index (χ0v) is 19.6. The number of carbonyl (C=O) groups excluding carboxylic acids is 2. The summed E-state index contributed by atoms with van der Waals surface area (Å²) in [7, 11) is 0. The Hall–Kier alpha value is -4.36. The van der Waals surface area contributed by atoms with Gasteiger partial charge in [-0.05, 0) is 18.6 Å². The summed E-state index contributed by atoms with van der Waals surface area (Å²) >= 11 is 1.07. The Bertz CT molecular complexity index is 1260. The predicted octanol–water partition coefficient (Wildman–Crippen LogP) is 4.39. The third-order valence-electron chi connectivity index (χ3n) is 5.05. The van der Waals surface area contributed by atoms with E-state index in [1.165, 1.54) is 24.3 Å². The van der Waals surface area contributed by atoms with E-state index in [4.69, 9.17) is 4.74 Å². The number of carbonyl (C=O) groups is 2. The van der Waals surface area contributed by atoms with Gasteiger partial charge in [0.1, 0.15) is 12.3 Å². The molecule has 1 heterocycles. The first-order valence-electron chi connectivity index (χ1n) is 10.5. The van der Waals surface area contributed by atoms with Crippen LogP contribution in [0.2, 0.25) is 0 Å². The number of esters is 1.